The van der Waals surface area contributed by atoms with Crippen LogP contribution in [0.15, 0.2) is 12.2 Å². The van der Waals surface area contributed by atoms with Crippen molar-refractivity contribution in [3.8, 4) is 6.07 Å². The van der Waals surface area contributed by atoms with E-state index in [1.807, 2.05) is 6.07 Å². The van der Waals surface area contributed by atoms with Crippen molar-refractivity contribution in [2.75, 3.05) is 7.11 Å². The van der Waals surface area contributed by atoms with Crippen LogP contribution in [-0.4, -0.2) is 18.9 Å². The summed E-state index contributed by atoms with van der Waals surface area (Å²) in [5.74, 6) is -0.897. The number of ketones is 1. The Bertz CT molecular complexity index is 309. The summed E-state index contributed by atoms with van der Waals surface area (Å²) in [6, 6.07) is 1.87. The molecule has 0 aliphatic carbocycles. The molecule has 0 aromatic rings. The molecule has 0 aromatic heterocycles. The van der Waals surface area contributed by atoms with E-state index in [4.69, 9.17) is 5.26 Å². The molecule has 0 radical (unpaired) electrons. The second-order valence-corrected chi connectivity index (χ2v) is 3.70. The van der Waals surface area contributed by atoms with Gasteiger partial charge in [0.05, 0.1) is 13.2 Å². The van der Waals surface area contributed by atoms with Gasteiger partial charge in [0.1, 0.15) is 5.78 Å². The van der Waals surface area contributed by atoms with Gasteiger partial charge in [0, 0.05) is 6.42 Å². The van der Waals surface area contributed by atoms with Crippen LogP contribution in [0, 0.1) is 16.7 Å². The standard InChI is InChI=1S/C11H15NO3/c1-8(2)5-11(7-12,6-9(3)13)10(14)15-4/h1,5-6H2,2-4H3/t11-/m0/s1. The van der Waals surface area contributed by atoms with Gasteiger partial charge in [-0.1, -0.05) is 5.57 Å². The summed E-state index contributed by atoms with van der Waals surface area (Å²) in [6.07, 6.45) is 0.0127. The molecule has 0 spiro atoms. The lowest BCUT2D eigenvalue weighted by Gasteiger charge is -2.22. The van der Waals surface area contributed by atoms with Gasteiger partial charge in [0.2, 0.25) is 0 Å². The molecule has 0 unspecified atom stereocenters. The van der Waals surface area contributed by atoms with Crippen molar-refractivity contribution in [2.45, 2.75) is 26.7 Å². The number of nitriles is 1. The highest BCUT2D eigenvalue weighted by molar-refractivity contribution is 5.88. The minimum atomic E-state index is -1.41. The van der Waals surface area contributed by atoms with E-state index in [2.05, 4.69) is 11.3 Å². The van der Waals surface area contributed by atoms with Crippen molar-refractivity contribution in [1.29, 1.82) is 5.26 Å². The predicted octanol–water partition coefficient (Wildman–Crippen LogP) is 1.61. The lowest BCUT2D eigenvalue weighted by atomic mass is 9.79. The molecule has 4 heteroatoms. The smallest absolute Gasteiger partial charge is 0.327 e. The molecular formula is C11H15NO3. The highest BCUT2D eigenvalue weighted by Gasteiger charge is 2.41. The van der Waals surface area contributed by atoms with E-state index in [1.54, 1.807) is 6.92 Å². The fraction of sp³-hybridized carbons (Fsp3) is 0.545. The summed E-state index contributed by atoms with van der Waals surface area (Å²) in [6.45, 7) is 6.69. The fourth-order valence-corrected chi connectivity index (χ4v) is 1.47. The summed E-state index contributed by atoms with van der Waals surface area (Å²) < 4.78 is 4.55. The first-order valence-electron chi connectivity index (χ1n) is 4.51. The third-order valence-corrected chi connectivity index (χ3v) is 1.94. The zero-order chi connectivity index (χ0) is 12.1. The normalized spacial score (nSPS) is 13.5. The third-order valence-electron chi connectivity index (χ3n) is 1.94. The first-order chi connectivity index (χ1) is 6.88. The lowest BCUT2D eigenvalue weighted by molar-refractivity contribution is -0.151. The first kappa shape index (κ1) is 13.4. The van der Waals surface area contributed by atoms with Crippen LogP contribution in [0.1, 0.15) is 26.7 Å². The van der Waals surface area contributed by atoms with Gasteiger partial charge in [-0.05, 0) is 20.3 Å². The number of ether oxygens (including phenoxy) is 1. The maximum atomic E-state index is 11.5. The molecule has 0 bridgehead atoms. The second kappa shape index (κ2) is 5.30. The Kier molecular flexibility index (Phi) is 4.72. The molecule has 0 N–H and O–H groups in total. The number of Topliss-reactive ketones (excluding diaryl/α,β-unsaturated/α-hetero) is 1. The zero-order valence-electron chi connectivity index (χ0n) is 9.29. The molecule has 15 heavy (non-hydrogen) atoms. The van der Waals surface area contributed by atoms with E-state index >= 15 is 0 Å². The van der Waals surface area contributed by atoms with Crippen LogP contribution in [0.5, 0.6) is 0 Å². The maximum Gasteiger partial charge on any atom is 0.327 e. The summed E-state index contributed by atoms with van der Waals surface area (Å²) in [7, 11) is 1.20. The quantitative estimate of drug-likeness (QED) is 0.509. The van der Waals surface area contributed by atoms with Gasteiger partial charge in [0.25, 0.3) is 0 Å². The minimum absolute atomic E-state index is 0.136. The number of esters is 1. The van der Waals surface area contributed by atoms with Crippen molar-refractivity contribution in [1.82, 2.24) is 0 Å². The van der Waals surface area contributed by atoms with Gasteiger partial charge in [-0.2, -0.15) is 5.26 Å². The Labute approximate surface area is 89.5 Å². The van der Waals surface area contributed by atoms with E-state index in [9.17, 15) is 9.59 Å². The molecule has 0 amide bonds. The SMILES string of the molecule is C=C(C)C[C@@](C#N)(CC(C)=O)C(=O)OC. The first-order valence-corrected chi connectivity index (χ1v) is 4.51. The zero-order valence-corrected chi connectivity index (χ0v) is 9.29. The average molecular weight is 209 g/mol. The Hall–Kier alpha value is -1.63. The largest absolute Gasteiger partial charge is 0.468 e. The van der Waals surface area contributed by atoms with Crippen molar-refractivity contribution in [2.24, 2.45) is 5.41 Å². The number of carbonyl (C=O) groups excluding carboxylic acids is 2. The molecule has 82 valence electrons. The molecule has 0 aromatic carbocycles. The highest BCUT2D eigenvalue weighted by Crippen LogP contribution is 2.31. The van der Waals surface area contributed by atoms with Gasteiger partial charge in [-0.25, -0.2) is 0 Å². The van der Waals surface area contributed by atoms with Gasteiger partial charge >= 0.3 is 5.97 Å². The summed E-state index contributed by atoms with van der Waals surface area (Å²) in [4.78, 5) is 22.5. The summed E-state index contributed by atoms with van der Waals surface area (Å²) in [5, 5.41) is 9.03. The second-order valence-electron chi connectivity index (χ2n) is 3.70. The molecule has 0 rings (SSSR count). The third kappa shape index (κ3) is 3.55. The maximum absolute atomic E-state index is 11.5. The van der Waals surface area contributed by atoms with Crippen LogP contribution in [-0.2, 0) is 14.3 Å². The Balaban J connectivity index is 5.11. The molecule has 0 aliphatic heterocycles. The van der Waals surface area contributed by atoms with Crippen LogP contribution >= 0.6 is 0 Å². The number of hydrogen-bond acceptors (Lipinski definition) is 4. The molecule has 0 saturated carbocycles. The van der Waals surface area contributed by atoms with Gasteiger partial charge in [-0.3, -0.25) is 9.59 Å². The molecule has 0 saturated heterocycles. The van der Waals surface area contributed by atoms with E-state index < -0.39 is 11.4 Å². The van der Waals surface area contributed by atoms with Gasteiger partial charge < -0.3 is 4.74 Å². The number of allylic oxidation sites excluding steroid dienone is 1. The van der Waals surface area contributed by atoms with Crippen LogP contribution in [0.4, 0.5) is 0 Å². The van der Waals surface area contributed by atoms with E-state index in [-0.39, 0.29) is 18.6 Å². The van der Waals surface area contributed by atoms with Crippen LogP contribution in [0.25, 0.3) is 0 Å². The fourth-order valence-electron chi connectivity index (χ4n) is 1.47. The van der Waals surface area contributed by atoms with Crippen molar-refractivity contribution in [3.63, 3.8) is 0 Å². The average Bonchev–Trinajstić information content (AvgIpc) is 2.13. The number of hydrogen-bond donors (Lipinski definition) is 0. The molecule has 0 aliphatic rings. The van der Waals surface area contributed by atoms with Crippen molar-refractivity contribution >= 4 is 11.8 Å². The molecule has 0 heterocycles. The van der Waals surface area contributed by atoms with Crippen molar-refractivity contribution in [3.05, 3.63) is 12.2 Å². The molecular weight excluding hydrogens is 194 g/mol. The molecule has 4 nitrogen and oxygen atoms in total. The van der Waals surface area contributed by atoms with E-state index in [0.717, 1.165) is 0 Å². The molecule has 0 fully saturated rings. The highest BCUT2D eigenvalue weighted by atomic mass is 16.5. The topological polar surface area (TPSA) is 67.2 Å². The van der Waals surface area contributed by atoms with Crippen LogP contribution in [0.2, 0.25) is 0 Å². The molecule has 1 atom stereocenters. The van der Waals surface area contributed by atoms with Gasteiger partial charge in [0.15, 0.2) is 5.41 Å². The van der Waals surface area contributed by atoms with Crippen LogP contribution in [0.3, 0.4) is 0 Å². The number of methoxy groups -OCH3 is 1. The van der Waals surface area contributed by atoms with E-state index in [1.165, 1.54) is 14.0 Å². The van der Waals surface area contributed by atoms with Crippen molar-refractivity contribution < 1.29 is 14.3 Å². The summed E-state index contributed by atoms with van der Waals surface area (Å²) in [5.41, 5.74) is -0.741. The summed E-state index contributed by atoms with van der Waals surface area (Å²) >= 11 is 0. The predicted molar refractivity (Wildman–Crippen MR) is 54.8 cm³/mol. The Morgan fingerprint density at radius 2 is 1.93 bits per heavy atom. The lowest BCUT2D eigenvalue weighted by Crippen LogP contribution is -2.33. The monoisotopic (exact) mass is 209 g/mol. The van der Waals surface area contributed by atoms with Crippen LogP contribution < -0.4 is 0 Å². The number of nitrogens with zero attached hydrogens (tertiary/aromatic N) is 1. The van der Waals surface area contributed by atoms with E-state index in [0.29, 0.717) is 5.57 Å². The van der Waals surface area contributed by atoms with Gasteiger partial charge in [-0.15, -0.1) is 6.58 Å². The Morgan fingerprint density at radius 1 is 1.40 bits per heavy atom. The number of carbonyl (C=O) groups is 2. The number of rotatable bonds is 5. The Morgan fingerprint density at radius 3 is 2.20 bits per heavy atom. The minimum Gasteiger partial charge on any atom is -0.468 e.